The first-order chi connectivity index (χ1) is 8.09. The lowest BCUT2D eigenvalue weighted by atomic mass is 10.00. The fourth-order valence-corrected chi connectivity index (χ4v) is 2.56. The highest BCUT2D eigenvalue weighted by atomic mass is 16.5. The molecular weight excluding hydrogens is 224 g/mol. The van der Waals surface area contributed by atoms with E-state index in [1.165, 1.54) is 0 Å². The average molecular weight is 242 g/mol. The van der Waals surface area contributed by atoms with Crippen LogP contribution in [0.15, 0.2) is 0 Å². The van der Waals surface area contributed by atoms with Gasteiger partial charge in [0.15, 0.2) is 0 Å². The normalized spacial score (nSPS) is 37.0. The van der Waals surface area contributed by atoms with Crippen LogP contribution in [0.5, 0.6) is 0 Å². The van der Waals surface area contributed by atoms with Crippen LogP contribution in [-0.2, 0) is 14.3 Å². The van der Waals surface area contributed by atoms with E-state index in [1.54, 1.807) is 0 Å². The van der Waals surface area contributed by atoms with Gasteiger partial charge in [0.1, 0.15) is 0 Å². The third-order valence-corrected chi connectivity index (χ3v) is 3.62. The average Bonchev–Trinajstić information content (AvgIpc) is 2.86. The van der Waals surface area contributed by atoms with E-state index >= 15 is 0 Å². The van der Waals surface area contributed by atoms with Gasteiger partial charge in [0.2, 0.25) is 5.91 Å². The van der Waals surface area contributed by atoms with Crippen LogP contribution in [0.3, 0.4) is 0 Å². The van der Waals surface area contributed by atoms with Crippen molar-refractivity contribution in [1.82, 2.24) is 5.32 Å². The highest BCUT2D eigenvalue weighted by molar-refractivity contribution is 5.81. The van der Waals surface area contributed by atoms with Crippen molar-refractivity contribution in [3.63, 3.8) is 0 Å². The minimum absolute atomic E-state index is 0.173. The Morgan fingerprint density at radius 2 is 2.00 bits per heavy atom. The van der Waals surface area contributed by atoms with Crippen molar-refractivity contribution in [3.05, 3.63) is 0 Å². The standard InChI is InChI=1S/C11H18N2O4/c12-8-5-17-4-7(8)10(14)13-9-3-1-2-6(9)11(15)16/h6-9H,1-5,12H2,(H,13,14)(H,15,16). The zero-order chi connectivity index (χ0) is 12.4. The maximum atomic E-state index is 11.9. The van der Waals surface area contributed by atoms with Gasteiger partial charge >= 0.3 is 5.97 Å². The Hall–Kier alpha value is -1.14. The molecule has 2 rings (SSSR count). The molecule has 2 fully saturated rings. The largest absolute Gasteiger partial charge is 0.481 e. The molecular formula is C11H18N2O4. The van der Waals surface area contributed by atoms with Crippen molar-refractivity contribution >= 4 is 11.9 Å². The second-order valence-electron chi connectivity index (χ2n) is 4.80. The molecule has 0 aromatic carbocycles. The number of carbonyl (C=O) groups is 2. The molecule has 17 heavy (non-hydrogen) atoms. The molecule has 0 aromatic heterocycles. The first kappa shape index (κ1) is 12.3. The minimum Gasteiger partial charge on any atom is -0.481 e. The summed E-state index contributed by atoms with van der Waals surface area (Å²) in [5.41, 5.74) is 5.75. The predicted molar refractivity (Wildman–Crippen MR) is 59.2 cm³/mol. The lowest BCUT2D eigenvalue weighted by Crippen LogP contribution is -2.47. The van der Waals surface area contributed by atoms with E-state index in [9.17, 15) is 9.59 Å². The molecule has 0 spiro atoms. The van der Waals surface area contributed by atoms with Gasteiger partial charge < -0.3 is 20.9 Å². The van der Waals surface area contributed by atoms with Crippen LogP contribution >= 0.6 is 0 Å². The van der Waals surface area contributed by atoms with Crippen molar-refractivity contribution in [3.8, 4) is 0 Å². The van der Waals surface area contributed by atoms with Gasteiger partial charge in [-0.1, -0.05) is 6.42 Å². The highest BCUT2D eigenvalue weighted by Gasteiger charge is 2.37. The van der Waals surface area contributed by atoms with Crippen molar-refractivity contribution in [2.45, 2.75) is 31.3 Å². The number of hydrogen-bond donors (Lipinski definition) is 3. The number of amides is 1. The van der Waals surface area contributed by atoms with E-state index in [-0.39, 0.29) is 23.9 Å². The summed E-state index contributed by atoms with van der Waals surface area (Å²) in [7, 11) is 0. The molecule has 4 N–H and O–H groups in total. The van der Waals surface area contributed by atoms with Crippen LogP contribution in [0.4, 0.5) is 0 Å². The summed E-state index contributed by atoms with van der Waals surface area (Å²) in [6.45, 7) is 0.725. The van der Waals surface area contributed by atoms with Crippen LogP contribution in [0, 0.1) is 11.8 Å². The van der Waals surface area contributed by atoms with E-state index in [2.05, 4.69) is 5.32 Å². The Balaban J connectivity index is 1.91. The van der Waals surface area contributed by atoms with Crippen LogP contribution in [-0.4, -0.2) is 42.3 Å². The van der Waals surface area contributed by atoms with Crippen molar-refractivity contribution < 1.29 is 19.4 Å². The third-order valence-electron chi connectivity index (χ3n) is 3.62. The van der Waals surface area contributed by atoms with E-state index < -0.39 is 11.9 Å². The molecule has 0 aromatic rings. The van der Waals surface area contributed by atoms with E-state index in [0.29, 0.717) is 19.6 Å². The van der Waals surface area contributed by atoms with Crippen molar-refractivity contribution in [2.75, 3.05) is 13.2 Å². The van der Waals surface area contributed by atoms with Gasteiger partial charge in [0, 0.05) is 12.1 Å². The quantitative estimate of drug-likeness (QED) is 0.609. The molecule has 6 heteroatoms. The van der Waals surface area contributed by atoms with E-state index in [1.807, 2.05) is 0 Å². The minimum atomic E-state index is -0.834. The SMILES string of the molecule is NC1COCC1C(=O)NC1CCCC1C(=O)O. The first-order valence-electron chi connectivity index (χ1n) is 5.96. The molecule has 2 aliphatic rings. The monoisotopic (exact) mass is 242 g/mol. The smallest absolute Gasteiger partial charge is 0.308 e. The molecule has 1 amide bonds. The Morgan fingerprint density at radius 3 is 2.59 bits per heavy atom. The van der Waals surface area contributed by atoms with Crippen LogP contribution < -0.4 is 11.1 Å². The molecule has 0 bridgehead atoms. The molecule has 1 saturated carbocycles. The molecule has 1 saturated heterocycles. The summed E-state index contributed by atoms with van der Waals surface area (Å²) < 4.78 is 5.13. The first-order valence-corrected chi connectivity index (χ1v) is 5.96. The summed E-state index contributed by atoms with van der Waals surface area (Å²) in [6.07, 6.45) is 2.20. The molecule has 0 radical (unpaired) electrons. The number of carbonyl (C=O) groups excluding carboxylic acids is 1. The summed E-state index contributed by atoms with van der Waals surface area (Å²) >= 11 is 0. The maximum Gasteiger partial charge on any atom is 0.308 e. The Bertz CT molecular complexity index is 321. The highest BCUT2D eigenvalue weighted by Crippen LogP contribution is 2.26. The molecule has 1 aliphatic heterocycles. The van der Waals surface area contributed by atoms with Crippen LogP contribution in [0.25, 0.3) is 0 Å². The van der Waals surface area contributed by atoms with Crippen molar-refractivity contribution in [2.24, 2.45) is 17.6 Å². The van der Waals surface area contributed by atoms with Gasteiger partial charge in [0.25, 0.3) is 0 Å². The van der Waals surface area contributed by atoms with Gasteiger partial charge in [-0.25, -0.2) is 0 Å². The Labute approximate surface area is 99.5 Å². The Morgan fingerprint density at radius 1 is 1.24 bits per heavy atom. The molecule has 1 aliphatic carbocycles. The maximum absolute atomic E-state index is 11.9. The number of nitrogens with two attached hydrogens (primary N) is 1. The third kappa shape index (κ3) is 2.58. The number of aliphatic carboxylic acids is 1. The van der Waals surface area contributed by atoms with Gasteiger partial charge in [-0.05, 0) is 12.8 Å². The topological polar surface area (TPSA) is 102 Å². The lowest BCUT2D eigenvalue weighted by molar-refractivity contribution is -0.142. The number of carboxylic acids is 1. The van der Waals surface area contributed by atoms with Gasteiger partial charge in [-0.2, -0.15) is 0 Å². The van der Waals surface area contributed by atoms with Crippen LogP contribution in [0.2, 0.25) is 0 Å². The second-order valence-corrected chi connectivity index (χ2v) is 4.80. The summed E-state index contributed by atoms with van der Waals surface area (Å²) in [6, 6.07) is -0.535. The molecule has 4 atom stereocenters. The zero-order valence-corrected chi connectivity index (χ0v) is 9.59. The molecule has 6 nitrogen and oxygen atoms in total. The lowest BCUT2D eigenvalue weighted by Gasteiger charge is -2.20. The summed E-state index contributed by atoms with van der Waals surface area (Å²) in [4.78, 5) is 22.9. The molecule has 96 valence electrons. The number of rotatable bonds is 3. The summed E-state index contributed by atoms with van der Waals surface area (Å²) in [5, 5.41) is 11.8. The summed E-state index contributed by atoms with van der Waals surface area (Å²) in [5.74, 6) is -1.81. The fourth-order valence-electron chi connectivity index (χ4n) is 2.56. The number of hydrogen-bond acceptors (Lipinski definition) is 4. The number of ether oxygens (including phenoxy) is 1. The zero-order valence-electron chi connectivity index (χ0n) is 9.59. The van der Waals surface area contributed by atoms with Gasteiger partial charge in [-0.15, -0.1) is 0 Å². The molecule has 1 heterocycles. The predicted octanol–water partition coefficient (Wildman–Crippen LogP) is -0.670. The number of carboxylic acid groups (broad SMARTS) is 1. The van der Waals surface area contributed by atoms with Gasteiger partial charge in [-0.3, -0.25) is 9.59 Å². The van der Waals surface area contributed by atoms with Gasteiger partial charge in [0.05, 0.1) is 25.0 Å². The van der Waals surface area contributed by atoms with E-state index in [0.717, 1.165) is 12.8 Å². The van der Waals surface area contributed by atoms with E-state index in [4.69, 9.17) is 15.6 Å². The fraction of sp³-hybridized carbons (Fsp3) is 0.818. The number of nitrogens with one attached hydrogen (secondary N) is 1. The van der Waals surface area contributed by atoms with Crippen LogP contribution in [0.1, 0.15) is 19.3 Å². The second kappa shape index (κ2) is 5.01. The Kier molecular flexibility index (Phi) is 3.63. The molecule has 4 unspecified atom stereocenters. The van der Waals surface area contributed by atoms with Crippen molar-refractivity contribution in [1.29, 1.82) is 0 Å².